The maximum atomic E-state index is 7.65. The Morgan fingerprint density at radius 3 is 2.53 bits per heavy atom. The molecule has 0 heterocycles. The van der Waals surface area contributed by atoms with Gasteiger partial charge in [-0.25, -0.2) is 0 Å². The van der Waals surface area contributed by atoms with E-state index in [-0.39, 0.29) is 57.2 Å². The molecule has 0 amide bonds. The second-order valence-electron chi connectivity index (χ2n) is 3.87. The molecule has 0 aliphatic rings. The van der Waals surface area contributed by atoms with Crippen molar-refractivity contribution in [3.63, 3.8) is 0 Å². The van der Waals surface area contributed by atoms with Gasteiger partial charge >= 0.3 is 51.4 Å². The number of rotatable bonds is 4. The Kier molecular flexibility index (Phi) is 7.34. The third-order valence-corrected chi connectivity index (χ3v) is 2.58. The van der Waals surface area contributed by atoms with Crippen LogP contribution in [0.4, 0.5) is 0 Å². The fourth-order valence-electron chi connectivity index (χ4n) is 1.60. The topological polar surface area (TPSA) is 47.2 Å². The molecule has 0 aliphatic heterocycles. The molecule has 0 spiro atoms. The van der Waals surface area contributed by atoms with Gasteiger partial charge in [0.2, 0.25) is 0 Å². The molecule has 0 radical (unpaired) electrons. The van der Waals surface area contributed by atoms with Crippen LogP contribution in [0.1, 0.15) is 11.1 Å². The SMILES string of the molecule is C[N-]C(=N)c1cccc(OCc2ccccc2)c1.[K+]. The molecular weight excluding hydrogens is 263 g/mol. The molecule has 2 aromatic rings. The van der Waals surface area contributed by atoms with E-state index in [0.717, 1.165) is 16.9 Å². The molecule has 1 N–H and O–H groups in total. The minimum Gasteiger partial charge on any atom is -0.489 e. The van der Waals surface area contributed by atoms with Crippen molar-refractivity contribution in [3.05, 3.63) is 71.0 Å². The molecule has 0 atom stereocenters. The standard InChI is InChI=1S/C15H15N2O.K/c1-17-15(16)13-8-5-9-14(10-13)18-11-12-6-3-2-4-7-12;/h2-10H,11H2,1H3,(H-,16,17);/q-1;+1. The molecule has 0 saturated carbocycles. The molecular formula is C15H15KN2O. The van der Waals surface area contributed by atoms with Gasteiger partial charge in [-0.3, -0.25) is 0 Å². The van der Waals surface area contributed by atoms with Gasteiger partial charge in [-0.2, -0.15) is 0 Å². The Morgan fingerprint density at radius 2 is 1.84 bits per heavy atom. The predicted molar refractivity (Wildman–Crippen MR) is 73.3 cm³/mol. The maximum absolute atomic E-state index is 7.65. The number of ether oxygens (including phenoxy) is 1. The van der Waals surface area contributed by atoms with Crippen molar-refractivity contribution in [2.45, 2.75) is 6.61 Å². The molecule has 92 valence electrons. The fraction of sp³-hybridized carbons (Fsp3) is 0.133. The normalized spacial score (nSPS) is 9.32. The first kappa shape index (κ1) is 16.4. The number of hydrogen-bond acceptors (Lipinski definition) is 2. The van der Waals surface area contributed by atoms with Gasteiger partial charge in [0, 0.05) is 0 Å². The number of nitrogens with zero attached hydrogens (tertiary/aromatic N) is 1. The van der Waals surface area contributed by atoms with E-state index < -0.39 is 0 Å². The number of nitrogens with one attached hydrogen (secondary N) is 1. The van der Waals surface area contributed by atoms with Crippen LogP contribution in [0.25, 0.3) is 5.32 Å². The Hall–Kier alpha value is -0.654. The minimum atomic E-state index is 0. The molecule has 2 aromatic carbocycles. The van der Waals surface area contributed by atoms with Crippen LogP contribution in [-0.4, -0.2) is 12.9 Å². The zero-order valence-electron chi connectivity index (χ0n) is 11.3. The second kappa shape index (κ2) is 8.50. The molecule has 0 bridgehead atoms. The minimum absolute atomic E-state index is 0. The van der Waals surface area contributed by atoms with Crippen LogP contribution < -0.4 is 56.1 Å². The van der Waals surface area contributed by atoms with E-state index in [4.69, 9.17) is 10.1 Å². The Labute approximate surface area is 156 Å². The average Bonchev–Trinajstić information content (AvgIpc) is 2.45. The molecule has 0 unspecified atom stereocenters. The third-order valence-electron chi connectivity index (χ3n) is 2.58. The van der Waals surface area contributed by atoms with E-state index in [9.17, 15) is 0 Å². The Balaban J connectivity index is 0.00000180. The molecule has 0 aromatic heterocycles. The molecule has 4 heteroatoms. The molecule has 2 rings (SSSR count). The van der Waals surface area contributed by atoms with Gasteiger partial charge in [0.25, 0.3) is 0 Å². The van der Waals surface area contributed by atoms with Crippen molar-refractivity contribution in [2.24, 2.45) is 0 Å². The van der Waals surface area contributed by atoms with Crippen LogP contribution in [0.5, 0.6) is 5.75 Å². The summed E-state index contributed by atoms with van der Waals surface area (Å²) in [6.45, 7) is 0.529. The summed E-state index contributed by atoms with van der Waals surface area (Å²) in [6, 6.07) is 17.4. The first-order chi connectivity index (χ1) is 8.79. The first-order valence-corrected chi connectivity index (χ1v) is 5.75. The van der Waals surface area contributed by atoms with Gasteiger partial charge in [-0.05, 0) is 23.3 Å². The second-order valence-corrected chi connectivity index (χ2v) is 3.87. The van der Waals surface area contributed by atoms with Gasteiger partial charge in [-0.15, -0.1) is 0 Å². The van der Waals surface area contributed by atoms with Crippen molar-refractivity contribution < 1.29 is 56.1 Å². The number of benzene rings is 2. The fourth-order valence-corrected chi connectivity index (χ4v) is 1.60. The van der Waals surface area contributed by atoms with Gasteiger partial charge < -0.3 is 15.5 Å². The summed E-state index contributed by atoms with van der Waals surface area (Å²) in [5.41, 5.74) is 1.89. The number of hydrogen-bond donors (Lipinski definition) is 1. The van der Waals surface area contributed by atoms with E-state index in [0.29, 0.717) is 6.61 Å². The van der Waals surface area contributed by atoms with E-state index >= 15 is 0 Å². The average molecular weight is 278 g/mol. The smallest absolute Gasteiger partial charge is 0.489 e. The summed E-state index contributed by atoms with van der Waals surface area (Å²) >= 11 is 0. The Morgan fingerprint density at radius 1 is 1.11 bits per heavy atom. The summed E-state index contributed by atoms with van der Waals surface area (Å²) in [7, 11) is 1.61. The first-order valence-electron chi connectivity index (χ1n) is 5.75. The van der Waals surface area contributed by atoms with Crippen LogP contribution in [-0.2, 0) is 6.61 Å². The monoisotopic (exact) mass is 278 g/mol. The van der Waals surface area contributed by atoms with E-state index in [2.05, 4.69) is 5.32 Å². The molecule has 19 heavy (non-hydrogen) atoms. The van der Waals surface area contributed by atoms with Gasteiger partial charge in [-0.1, -0.05) is 55.3 Å². The van der Waals surface area contributed by atoms with Gasteiger partial charge in [0.05, 0.1) is 0 Å². The zero-order chi connectivity index (χ0) is 12.8. The van der Waals surface area contributed by atoms with Crippen LogP contribution in [0.3, 0.4) is 0 Å². The van der Waals surface area contributed by atoms with Crippen molar-refractivity contribution in [2.75, 3.05) is 7.05 Å². The van der Waals surface area contributed by atoms with Crippen LogP contribution in [0, 0.1) is 5.41 Å². The van der Waals surface area contributed by atoms with Crippen LogP contribution in [0.15, 0.2) is 54.6 Å². The van der Waals surface area contributed by atoms with Crippen molar-refractivity contribution in [1.29, 1.82) is 5.41 Å². The summed E-state index contributed by atoms with van der Waals surface area (Å²) in [5.74, 6) is 1.02. The molecule has 0 fully saturated rings. The number of amidine groups is 1. The zero-order valence-corrected chi connectivity index (χ0v) is 14.4. The molecule has 0 aliphatic carbocycles. The quantitative estimate of drug-likeness (QED) is 0.497. The van der Waals surface area contributed by atoms with E-state index in [1.54, 1.807) is 7.05 Å². The van der Waals surface area contributed by atoms with Gasteiger partial charge in [0.15, 0.2) is 0 Å². The molecule has 3 nitrogen and oxygen atoms in total. The maximum Gasteiger partial charge on any atom is 1.00 e. The summed E-state index contributed by atoms with van der Waals surface area (Å²) < 4.78 is 5.69. The predicted octanol–water partition coefficient (Wildman–Crippen LogP) is 0.598. The third kappa shape index (κ3) is 5.08. The van der Waals surface area contributed by atoms with Gasteiger partial charge in [0.1, 0.15) is 12.4 Å². The van der Waals surface area contributed by atoms with Crippen molar-refractivity contribution in [3.8, 4) is 5.75 Å². The Bertz CT molecular complexity index is 529. The van der Waals surface area contributed by atoms with E-state index in [1.165, 1.54) is 0 Å². The van der Waals surface area contributed by atoms with Crippen LogP contribution in [0.2, 0.25) is 0 Å². The summed E-state index contributed by atoms with van der Waals surface area (Å²) in [6.07, 6.45) is 0. The largest absolute Gasteiger partial charge is 1.00 e. The summed E-state index contributed by atoms with van der Waals surface area (Å²) in [4.78, 5) is 0. The van der Waals surface area contributed by atoms with Crippen molar-refractivity contribution >= 4 is 5.84 Å². The van der Waals surface area contributed by atoms with Crippen molar-refractivity contribution in [1.82, 2.24) is 0 Å². The summed E-state index contributed by atoms with van der Waals surface area (Å²) in [5, 5.41) is 11.5. The van der Waals surface area contributed by atoms with E-state index in [1.807, 2.05) is 54.6 Å². The van der Waals surface area contributed by atoms with Crippen LogP contribution >= 0.6 is 0 Å². The molecule has 0 saturated heterocycles.